The van der Waals surface area contributed by atoms with Gasteiger partial charge >= 0.3 is 6.18 Å². The Morgan fingerprint density at radius 1 is 1.35 bits per heavy atom. The molecule has 1 aromatic carbocycles. The minimum atomic E-state index is -4.39. The van der Waals surface area contributed by atoms with Gasteiger partial charge in [-0.1, -0.05) is 31.5 Å². The molecule has 1 fully saturated rings. The van der Waals surface area contributed by atoms with E-state index in [4.69, 9.17) is 0 Å². The summed E-state index contributed by atoms with van der Waals surface area (Å²) in [5.41, 5.74) is 0.310. The van der Waals surface area contributed by atoms with Crippen molar-refractivity contribution in [1.29, 1.82) is 0 Å². The van der Waals surface area contributed by atoms with E-state index in [1.54, 1.807) is 0 Å². The van der Waals surface area contributed by atoms with E-state index in [1.165, 1.54) is 17.8 Å². The maximum atomic E-state index is 13.0. The fraction of sp³-hybridized carbons (Fsp3) is 0.556. The molecule has 1 aliphatic heterocycles. The van der Waals surface area contributed by atoms with Gasteiger partial charge in [-0.25, -0.2) is 4.98 Å². The molecule has 0 saturated carbocycles. The van der Waals surface area contributed by atoms with Crippen LogP contribution in [0.3, 0.4) is 0 Å². The minimum absolute atomic E-state index is 0.0161. The molecule has 1 atom stereocenters. The number of nitrogens with zero attached hydrogens (tertiary/aromatic N) is 2. The third-order valence-electron chi connectivity index (χ3n) is 4.51. The highest BCUT2D eigenvalue weighted by Gasteiger charge is 2.31. The van der Waals surface area contributed by atoms with Crippen molar-refractivity contribution >= 4 is 28.7 Å². The first-order valence-corrected chi connectivity index (χ1v) is 9.80. The number of aromatic nitrogens is 2. The van der Waals surface area contributed by atoms with E-state index in [2.05, 4.69) is 17.2 Å². The van der Waals surface area contributed by atoms with Gasteiger partial charge in [0.25, 0.3) is 0 Å². The Kier molecular flexibility index (Phi) is 5.79. The number of carbonyl (C=O) groups excluding carboxylic acids is 1. The Morgan fingerprint density at radius 3 is 2.88 bits per heavy atom. The number of hydrogen-bond acceptors (Lipinski definition) is 3. The largest absolute Gasteiger partial charge is 0.416 e. The first-order valence-electron chi connectivity index (χ1n) is 8.92. The maximum absolute atomic E-state index is 13.0. The number of thioether (sulfide) groups is 1. The van der Waals surface area contributed by atoms with Crippen LogP contribution in [0.5, 0.6) is 0 Å². The van der Waals surface area contributed by atoms with Crippen molar-refractivity contribution < 1.29 is 18.0 Å². The summed E-state index contributed by atoms with van der Waals surface area (Å²) in [6.45, 7) is 3.42. The first kappa shape index (κ1) is 19.1. The van der Waals surface area contributed by atoms with Gasteiger partial charge in [0.05, 0.1) is 21.8 Å². The topological polar surface area (TPSA) is 46.9 Å². The van der Waals surface area contributed by atoms with E-state index >= 15 is 0 Å². The van der Waals surface area contributed by atoms with E-state index in [-0.39, 0.29) is 11.2 Å². The summed E-state index contributed by atoms with van der Waals surface area (Å²) in [5.74, 6) is -0.0161. The zero-order chi connectivity index (χ0) is 18.7. The Labute approximate surface area is 154 Å². The molecule has 142 valence electrons. The second-order valence-electron chi connectivity index (χ2n) is 6.49. The summed E-state index contributed by atoms with van der Waals surface area (Å²) in [4.78, 5) is 16.7. The molecular formula is C18H22F3N3OS. The summed E-state index contributed by atoms with van der Waals surface area (Å²) in [7, 11) is 0. The predicted molar refractivity (Wildman–Crippen MR) is 96.1 cm³/mol. The van der Waals surface area contributed by atoms with Crippen LogP contribution in [0.2, 0.25) is 0 Å². The zero-order valence-corrected chi connectivity index (χ0v) is 15.4. The van der Waals surface area contributed by atoms with Crippen LogP contribution in [0.15, 0.2) is 23.4 Å². The van der Waals surface area contributed by atoms with Gasteiger partial charge in [0, 0.05) is 13.1 Å². The van der Waals surface area contributed by atoms with Crippen molar-refractivity contribution in [3.05, 3.63) is 23.8 Å². The van der Waals surface area contributed by atoms with E-state index < -0.39 is 11.7 Å². The third-order valence-corrected chi connectivity index (χ3v) is 5.77. The molecule has 1 aliphatic rings. The minimum Gasteiger partial charge on any atom is -0.355 e. The van der Waals surface area contributed by atoms with Gasteiger partial charge < -0.3 is 9.88 Å². The maximum Gasteiger partial charge on any atom is 0.416 e. The smallest absolute Gasteiger partial charge is 0.355 e. The van der Waals surface area contributed by atoms with E-state index in [1.807, 2.05) is 4.57 Å². The normalized spacial score (nSPS) is 18.8. The van der Waals surface area contributed by atoms with Gasteiger partial charge in [-0.15, -0.1) is 0 Å². The Hall–Kier alpha value is -1.70. The molecule has 26 heavy (non-hydrogen) atoms. The number of alkyl halides is 3. The number of halogens is 3. The zero-order valence-electron chi connectivity index (χ0n) is 14.6. The molecular weight excluding hydrogens is 363 g/mol. The Balaban J connectivity index is 1.97. The summed E-state index contributed by atoms with van der Waals surface area (Å²) < 4.78 is 41.0. The number of imidazole rings is 1. The third kappa shape index (κ3) is 4.16. The lowest BCUT2D eigenvalue weighted by molar-refractivity contribution is -0.137. The predicted octanol–water partition coefficient (Wildman–Crippen LogP) is 4.62. The van der Waals surface area contributed by atoms with Crippen LogP contribution in [0, 0.1) is 0 Å². The quantitative estimate of drug-likeness (QED) is 0.817. The molecule has 1 unspecified atom stereocenters. The van der Waals surface area contributed by atoms with Crippen LogP contribution in [0.25, 0.3) is 11.0 Å². The number of nitrogens with one attached hydrogen (secondary N) is 1. The lowest BCUT2D eigenvalue weighted by Crippen LogP contribution is -2.30. The van der Waals surface area contributed by atoms with E-state index in [9.17, 15) is 18.0 Å². The van der Waals surface area contributed by atoms with Crippen LogP contribution in [0.1, 0.15) is 44.6 Å². The fourth-order valence-corrected chi connectivity index (χ4v) is 4.25. The first-order chi connectivity index (χ1) is 12.4. The second-order valence-corrected chi connectivity index (χ2v) is 7.66. The molecule has 0 radical (unpaired) electrons. The lowest BCUT2D eigenvalue weighted by Gasteiger charge is -2.14. The number of fused-ring (bicyclic) bond motifs is 1. The van der Waals surface area contributed by atoms with Crippen molar-refractivity contribution in [2.75, 3.05) is 6.54 Å². The molecule has 2 aromatic rings. The van der Waals surface area contributed by atoms with Crippen molar-refractivity contribution in [1.82, 2.24) is 14.9 Å². The van der Waals surface area contributed by atoms with Crippen LogP contribution in [-0.4, -0.2) is 27.3 Å². The highest BCUT2D eigenvalue weighted by atomic mass is 32.2. The van der Waals surface area contributed by atoms with Gasteiger partial charge in [0.2, 0.25) is 5.91 Å². The molecule has 1 aromatic heterocycles. The number of hydrogen-bond donors (Lipinski definition) is 1. The molecule has 0 bridgehead atoms. The van der Waals surface area contributed by atoms with Crippen molar-refractivity contribution in [3.8, 4) is 0 Å². The van der Waals surface area contributed by atoms with Gasteiger partial charge in [-0.3, -0.25) is 4.79 Å². The van der Waals surface area contributed by atoms with Crippen LogP contribution >= 0.6 is 11.8 Å². The number of rotatable bonds is 5. The van der Waals surface area contributed by atoms with Crippen molar-refractivity contribution in [2.45, 2.75) is 62.2 Å². The van der Waals surface area contributed by atoms with Crippen molar-refractivity contribution in [2.24, 2.45) is 0 Å². The van der Waals surface area contributed by atoms with Gasteiger partial charge in [-0.2, -0.15) is 13.2 Å². The summed E-state index contributed by atoms with van der Waals surface area (Å²) in [6, 6.07) is 3.67. The van der Waals surface area contributed by atoms with Gasteiger partial charge in [-0.05, 0) is 37.5 Å². The van der Waals surface area contributed by atoms with Crippen molar-refractivity contribution in [3.63, 3.8) is 0 Å². The molecule has 1 amide bonds. The van der Waals surface area contributed by atoms with Crippen LogP contribution < -0.4 is 5.32 Å². The van der Waals surface area contributed by atoms with E-state index in [0.29, 0.717) is 29.3 Å². The van der Waals surface area contributed by atoms with E-state index in [0.717, 1.165) is 44.2 Å². The molecule has 0 aliphatic carbocycles. The summed E-state index contributed by atoms with van der Waals surface area (Å²) in [6.07, 6.45) is 0.121. The molecule has 4 nitrogen and oxygen atoms in total. The standard InChI is InChI=1S/C18H22F3N3OS/c1-2-3-10-24-14-8-7-12(18(19,20)21)11-13(14)23-17(24)26-15-6-4-5-9-22-16(15)25/h7-8,11,15H,2-6,9-10H2,1H3,(H,22,25). The molecule has 1 N–H and O–H groups in total. The average molecular weight is 385 g/mol. The molecule has 3 rings (SSSR count). The Bertz CT molecular complexity index is 788. The number of benzene rings is 1. The number of carbonyl (C=O) groups is 1. The number of aryl methyl sites for hydroxylation is 1. The average Bonchev–Trinajstić information content (AvgIpc) is 2.80. The van der Waals surface area contributed by atoms with Gasteiger partial charge in [0.1, 0.15) is 0 Å². The fourth-order valence-electron chi connectivity index (χ4n) is 3.06. The lowest BCUT2D eigenvalue weighted by atomic mass is 10.2. The molecule has 8 heteroatoms. The SMILES string of the molecule is CCCCn1c(SC2CCCCNC2=O)nc2cc(C(F)(F)F)ccc21. The number of unbranched alkanes of at least 4 members (excludes halogenated alkanes) is 1. The number of amides is 1. The van der Waals surface area contributed by atoms with Gasteiger partial charge in [0.15, 0.2) is 5.16 Å². The molecule has 0 spiro atoms. The van der Waals surface area contributed by atoms with Crippen LogP contribution in [0.4, 0.5) is 13.2 Å². The summed E-state index contributed by atoms with van der Waals surface area (Å²) in [5, 5.41) is 3.26. The second kappa shape index (κ2) is 7.90. The monoisotopic (exact) mass is 385 g/mol. The van der Waals surface area contributed by atoms with Crippen LogP contribution in [-0.2, 0) is 17.5 Å². The molecule has 2 heterocycles. The summed E-state index contributed by atoms with van der Waals surface area (Å²) >= 11 is 1.36. The Morgan fingerprint density at radius 2 is 2.15 bits per heavy atom. The molecule has 1 saturated heterocycles. The highest BCUT2D eigenvalue weighted by molar-refractivity contribution is 8.00. The highest BCUT2D eigenvalue weighted by Crippen LogP contribution is 2.34.